The van der Waals surface area contributed by atoms with E-state index in [0.29, 0.717) is 12.8 Å². The average molecular weight is 166 g/mol. The van der Waals surface area contributed by atoms with Gasteiger partial charge in [-0.3, -0.25) is 0 Å². The van der Waals surface area contributed by atoms with Crippen molar-refractivity contribution >= 4 is 0 Å². The molecule has 1 N–H and O–H groups in total. The first-order valence-electron chi connectivity index (χ1n) is 4.06. The predicted octanol–water partition coefficient (Wildman–Crippen LogP) is 2.22. The van der Waals surface area contributed by atoms with E-state index < -0.39 is 5.67 Å². The Morgan fingerprint density at radius 1 is 1.33 bits per heavy atom. The van der Waals surface area contributed by atoms with Gasteiger partial charge in [-0.05, 0) is 30.2 Å². The third kappa shape index (κ3) is 1.17. The van der Waals surface area contributed by atoms with Crippen molar-refractivity contribution in [3.8, 4) is 5.75 Å². The summed E-state index contributed by atoms with van der Waals surface area (Å²) in [4.78, 5) is 0. The fourth-order valence-corrected chi connectivity index (χ4v) is 1.81. The summed E-state index contributed by atoms with van der Waals surface area (Å²) in [7, 11) is 0. The van der Waals surface area contributed by atoms with Crippen molar-refractivity contribution in [2.75, 3.05) is 0 Å². The average Bonchev–Trinajstić information content (AvgIpc) is 2.21. The quantitative estimate of drug-likeness (QED) is 0.626. The van der Waals surface area contributed by atoms with E-state index in [4.69, 9.17) is 5.11 Å². The van der Waals surface area contributed by atoms with Gasteiger partial charge in [-0.25, -0.2) is 4.39 Å². The molecule has 12 heavy (non-hydrogen) atoms. The third-order valence-electron chi connectivity index (χ3n) is 2.31. The summed E-state index contributed by atoms with van der Waals surface area (Å²) in [5.41, 5.74) is 0.855. The highest BCUT2D eigenvalue weighted by atomic mass is 19.1. The molecule has 1 aliphatic carbocycles. The molecule has 1 unspecified atom stereocenters. The maximum absolute atomic E-state index is 13.5. The molecule has 1 aromatic carbocycles. The van der Waals surface area contributed by atoms with E-state index in [-0.39, 0.29) is 5.75 Å². The summed E-state index contributed by atoms with van der Waals surface area (Å²) in [6.45, 7) is 1.60. The summed E-state index contributed by atoms with van der Waals surface area (Å²) in [6, 6.07) is 5.07. The van der Waals surface area contributed by atoms with Gasteiger partial charge in [0.25, 0.3) is 0 Å². The molecule has 0 aromatic heterocycles. The highest BCUT2D eigenvalue weighted by molar-refractivity contribution is 5.40. The highest BCUT2D eigenvalue weighted by Gasteiger charge is 2.32. The fraction of sp³-hybridized carbons (Fsp3) is 0.400. The van der Waals surface area contributed by atoms with Gasteiger partial charge in [0.05, 0.1) is 0 Å². The van der Waals surface area contributed by atoms with Crippen molar-refractivity contribution in [1.82, 2.24) is 0 Å². The second-order valence-electron chi connectivity index (χ2n) is 3.72. The summed E-state index contributed by atoms with van der Waals surface area (Å²) < 4.78 is 13.5. The normalized spacial score (nSPS) is 27.2. The molecule has 2 rings (SSSR count). The van der Waals surface area contributed by atoms with E-state index in [1.54, 1.807) is 25.1 Å². The number of benzene rings is 1. The summed E-state index contributed by atoms with van der Waals surface area (Å²) in [5.74, 6) is 0.228. The van der Waals surface area contributed by atoms with Crippen LogP contribution in [0.2, 0.25) is 0 Å². The van der Waals surface area contributed by atoms with Crippen LogP contribution >= 0.6 is 0 Å². The fourth-order valence-electron chi connectivity index (χ4n) is 1.81. The van der Waals surface area contributed by atoms with Crippen molar-refractivity contribution in [2.24, 2.45) is 0 Å². The monoisotopic (exact) mass is 166 g/mol. The third-order valence-corrected chi connectivity index (χ3v) is 2.31. The van der Waals surface area contributed by atoms with Crippen LogP contribution in [0.4, 0.5) is 4.39 Å². The van der Waals surface area contributed by atoms with Crippen LogP contribution in [0.1, 0.15) is 18.1 Å². The number of fused-ring (bicyclic) bond motifs is 1. The lowest BCUT2D eigenvalue weighted by molar-refractivity contribution is 0.205. The molecule has 64 valence electrons. The molecule has 0 heterocycles. The summed E-state index contributed by atoms with van der Waals surface area (Å²) in [5, 5.41) is 9.14. The molecule has 1 aromatic rings. The van der Waals surface area contributed by atoms with E-state index in [2.05, 4.69) is 0 Å². The molecule has 0 aliphatic heterocycles. The molecular weight excluding hydrogens is 155 g/mol. The van der Waals surface area contributed by atoms with Gasteiger partial charge in [-0.1, -0.05) is 6.07 Å². The Morgan fingerprint density at radius 3 is 2.75 bits per heavy atom. The van der Waals surface area contributed by atoms with Crippen LogP contribution in [0, 0.1) is 0 Å². The molecule has 1 aliphatic rings. The van der Waals surface area contributed by atoms with Crippen LogP contribution in [0.5, 0.6) is 5.75 Å². The molecule has 0 saturated heterocycles. The zero-order valence-electron chi connectivity index (χ0n) is 6.97. The SMILES string of the molecule is CC1(F)Cc2ccc(O)cc2C1. The Bertz CT molecular complexity index is 318. The molecule has 0 radical (unpaired) electrons. The molecule has 0 fully saturated rings. The second-order valence-corrected chi connectivity index (χ2v) is 3.72. The molecule has 0 saturated carbocycles. The Labute approximate surface area is 70.8 Å². The van der Waals surface area contributed by atoms with Crippen LogP contribution in [0.15, 0.2) is 18.2 Å². The van der Waals surface area contributed by atoms with Crippen LogP contribution in [-0.4, -0.2) is 10.8 Å². The van der Waals surface area contributed by atoms with Gasteiger partial charge >= 0.3 is 0 Å². The lowest BCUT2D eigenvalue weighted by Crippen LogP contribution is -2.16. The number of alkyl halides is 1. The minimum Gasteiger partial charge on any atom is -0.508 e. The van der Waals surface area contributed by atoms with Gasteiger partial charge in [0.2, 0.25) is 0 Å². The van der Waals surface area contributed by atoms with Gasteiger partial charge in [-0.2, -0.15) is 0 Å². The van der Waals surface area contributed by atoms with Crippen LogP contribution in [0.25, 0.3) is 0 Å². The number of hydrogen-bond acceptors (Lipinski definition) is 1. The Balaban J connectivity index is 2.43. The number of halogens is 1. The van der Waals surface area contributed by atoms with Gasteiger partial charge in [0.1, 0.15) is 11.4 Å². The predicted molar refractivity (Wildman–Crippen MR) is 45.0 cm³/mol. The van der Waals surface area contributed by atoms with Crippen molar-refractivity contribution in [1.29, 1.82) is 0 Å². The summed E-state index contributed by atoms with van der Waals surface area (Å²) >= 11 is 0. The molecule has 0 spiro atoms. The van der Waals surface area contributed by atoms with Crippen LogP contribution < -0.4 is 0 Å². The minimum absolute atomic E-state index is 0.228. The van der Waals surface area contributed by atoms with Crippen LogP contribution in [-0.2, 0) is 12.8 Å². The largest absolute Gasteiger partial charge is 0.508 e. The van der Waals surface area contributed by atoms with E-state index in [0.717, 1.165) is 11.1 Å². The standard InChI is InChI=1S/C10H11FO/c1-10(11)5-7-2-3-9(12)4-8(7)6-10/h2-4,12H,5-6H2,1H3. The number of rotatable bonds is 0. The lowest BCUT2D eigenvalue weighted by Gasteiger charge is -2.09. The van der Waals surface area contributed by atoms with Crippen LogP contribution in [0.3, 0.4) is 0 Å². The van der Waals surface area contributed by atoms with E-state index in [1.165, 1.54) is 0 Å². The summed E-state index contributed by atoms with van der Waals surface area (Å²) in [6.07, 6.45) is 0.902. The number of hydrogen-bond donors (Lipinski definition) is 1. The van der Waals surface area contributed by atoms with E-state index in [1.807, 2.05) is 0 Å². The minimum atomic E-state index is -1.11. The second kappa shape index (κ2) is 2.22. The molecule has 1 atom stereocenters. The van der Waals surface area contributed by atoms with Crippen molar-refractivity contribution in [2.45, 2.75) is 25.4 Å². The zero-order valence-corrected chi connectivity index (χ0v) is 6.97. The number of phenols is 1. The number of aromatic hydroxyl groups is 1. The van der Waals surface area contributed by atoms with E-state index >= 15 is 0 Å². The van der Waals surface area contributed by atoms with E-state index in [9.17, 15) is 4.39 Å². The first-order chi connectivity index (χ1) is 5.57. The zero-order chi connectivity index (χ0) is 8.77. The molecule has 0 bridgehead atoms. The maximum atomic E-state index is 13.5. The van der Waals surface area contributed by atoms with Gasteiger partial charge in [-0.15, -0.1) is 0 Å². The first-order valence-corrected chi connectivity index (χ1v) is 4.06. The first kappa shape index (κ1) is 7.59. The highest BCUT2D eigenvalue weighted by Crippen LogP contribution is 2.34. The lowest BCUT2D eigenvalue weighted by atomic mass is 10.1. The van der Waals surface area contributed by atoms with Crippen molar-refractivity contribution in [3.05, 3.63) is 29.3 Å². The molecule has 2 heteroatoms. The molecule has 0 amide bonds. The molecule has 1 nitrogen and oxygen atoms in total. The smallest absolute Gasteiger partial charge is 0.116 e. The molecular formula is C10H11FO. The Kier molecular flexibility index (Phi) is 1.40. The van der Waals surface area contributed by atoms with Gasteiger partial charge in [0.15, 0.2) is 0 Å². The van der Waals surface area contributed by atoms with Gasteiger partial charge in [0, 0.05) is 12.8 Å². The van der Waals surface area contributed by atoms with Crippen molar-refractivity contribution < 1.29 is 9.50 Å². The van der Waals surface area contributed by atoms with Crippen molar-refractivity contribution in [3.63, 3.8) is 0 Å². The Morgan fingerprint density at radius 2 is 2.00 bits per heavy atom. The van der Waals surface area contributed by atoms with Gasteiger partial charge < -0.3 is 5.11 Å². The topological polar surface area (TPSA) is 20.2 Å². The maximum Gasteiger partial charge on any atom is 0.116 e. The number of phenolic OH excluding ortho intramolecular Hbond substituents is 1. The Hall–Kier alpha value is -1.05.